The van der Waals surface area contributed by atoms with Crippen molar-refractivity contribution in [3.8, 4) is 0 Å². The fraction of sp³-hybridized carbons (Fsp3) is 0.214. The smallest absolute Gasteiger partial charge is 0.304 e. The number of fused-ring (bicyclic) bond motifs is 1. The van der Waals surface area contributed by atoms with E-state index in [1.165, 1.54) is 35.4 Å². The number of rotatable bonds is 3. The molecule has 1 radical (unpaired) electrons. The molecule has 0 unspecified atom stereocenters. The average molecular weight is 389 g/mol. The number of imidazole rings is 1. The van der Waals surface area contributed by atoms with Gasteiger partial charge in [-0.1, -0.05) is 12.1 Å². The van der Waals surface area contributed by atoms with Crippen molar-refractivity contribution >= 4 is 79.8 Å². The summed E-state index contributed by atoms with van der Waals surface area (Å²) in [7, 11) is 2.88. The molecule has 0 aliphatic rings. The molecule has 1 aromatic carbocycles. The zero-order valence-electron chi connectivity index (χ0n) is 13.8. The summed E-state index contributed by atoms with van der Waals surface area (Å²) in [6, 6.07) is 5.89. The minimum Gasteiger partial charge on any atom is -0.304 e. The van der Waals surface area contributed by atoms with Crippen LogP contribution in [0.1, 0.15) is 5.56 Å². The molecule has 0 atom stereocenters. The van der Waals surface area contributed by atoms with E-state index in [4.69, 9.17) is 11.6 Å². The Labute approximate surface area is 188 Å². The van der Waals surface area contributed by atoms with Gasteiger partial charge < -0.3 is 4.57 Å². The third kappa shape index (κ3) is 3.50. The number of nitro groups is 1. The van der Waals surface area contributed by atoms with Crippen LogP contribution >= 0.6 is 11.6 Å². The third-order valence-corrected chi connectivity index (χ3v) is 4.08. The molecule has 0 fully saturated rings. The number of aryl methyl sites for hydroxylation is 1. The zero-order valence-corrected chi connectivity index (χ0v) is 17.6. The van der Waals surface area contributed by atoms with E-state index in [9.17, 15) is 19.7 Å². The van der Waals surface area contributed by atoms with Gasteiger partial charge >= 0.3 is 5.69 Å². The molecule has 3 aromatic rings. The molecule has 0 N–H and O–H groups in total. The fourth-order valence-electron chi connectivity index (χ4n) is 2.47. The number of halogens is 1. The van der Waals surface area contributed by atoms with E-state index in [1.54, 1.807) is 12.1 Å². The predicted octanol–water partition coefficient (Wildman–Crippen LogP) is 0.663. The largest absolute Gasteiger partial charge is 0.332 e. The van der Waals surface area contributed by atoms with Gasteiger partial charge in [-0.2, -0.15) is 4.98 Å². The van der Waals surface area contributed by atoms with Crippen molar-refractivity contribution in [1.82, 2.24) is 18.7 Å². The van der Waals surface area contributed by atoms with Crippen LogP contribution in [0, 0.1) is 10.1 Å². The van der Waals surface area contributed by atoms with Crippen molar-refractivity contribution in [2.24, 2.45) is 14.1 Å². The van der Waals surface area contributed by atoms with Gasteiger partial charge in [-0.05, 0) is 17.2 Å². The molecule has 25 heavy (non-hydrogen) atoms. The Kier molecular flexibility index (Phi) is 6.02. The van der Waals surface area contributed by atoms with Gasteiger partial charge in [-0.15, -0.1) is 0 Å². The molecular formula is C14H12ClKN5O4. The summed E-state index contributed by atoms with van der Waals surface area (Å²) in [5.74, 6) is 0. The van der Waals surface area contributed by atoms with Gasteiger partial charge in [0.1, 0.15) is 0 Å². The Morgan fingerprint density at radius 2 is 1.76 bits per heavy atom. The molecular weight excluding hydrogens is 377 g/mol. The molecule has 3 rings (SSSR count). The Morgan fingerprint density at radius 3 is 2.32 bits per heavy atom. The number of hydrogen-bond donors (Lipinski definition) is 0. The summed E-state index contributed by atoms with van der Waals surface area (Å²) in [5, 5.41) is 10.8. The molecule has 0 aliphatic heterocycles. The second-order valence-electron chi connectivity index (χ2n) is 5.27. The summed E-state index contributed by atoms with van der Waals surface area (Å²) >= 11 is 6.13. The van der Waals surface area contributed by atoms with Crippen LogP contribution in [0.5, 0.6) is 0 Å². The minimum atomic E-state index is -0.505. The fourth-order valence-corrected chi connectivity index (χ4v) is 2.69. The molecule has 11 heteroatoms. The Balaban J connectivity index is 0.00000225. The molecule has 0 bridgehead atoms. The molecule has 2 aromatic heterocycles. The predicted molar refractivity (Wildman–Crippen MR) is 93.2 cm³/mol. The van der Waals surface area contributed by atoms with Crippen LogP contribution in [-0.2, 0) is 20.6 Å². The maximum absolute atomic E-state index is 12.4. The molecule has 0 spiro atoms. The standard InChI is InChI=1S/C14H12ClN5O4.K/c1-17-11-10(12(21)18(2)14(17)22)19(13(15)16-11)7-8-3-5-9(6-4-8)20(23)24;/h3-6H,7H2,1-2H3;. The van der Waals surface area contributed by atoms with Crippen molar-refractivity contribution in [2.45, 2.75) is 6.54 Å². The van der Waals surface area contributed by atoms with E-state index in [1.807, 2.05) is 0 Å². The number of aromatic nitrogens is 4. The van der Waals surface area contributed by atoms with Gasteiger partial charge in [0.15, 0.2) is 11.2 Å². The molecule has 9 nitrogen and oxygen atoms in total. The van der Waals surface area contributed by atoms with Crippen molar-refractivity contribution < 1.29 is 4.92 Å². The average Bonchev–Trinajstić information content (AvgIpc) is 2.88. The van der Waals surface area contributed by atoms with Gasteiger partial charge in [-0.25, -0.2) is 4.79 Å². The third-order valence-electron chi connectivity index (χ3n) is 3.79. The number of non-ortho nitro benzene ring substituents is 1. The van der Waals surface area contributed by atoms with Crippen LogP contribution in [0.4, 0.5) is 5.69 Å². The van der Waals surface area contributed by atoms with Gasteiger partial charge in [-0.3, -0.25) is 24.0 Å². The summed E-state index contributed by atoms with van der Waals surface area (Å²) in [6.07, 6.45) is 0. The van der Waals surface area contributed by atoms with Crippen molar-refractivity contribution in [3.63, 3.8) is 0 Å². The molecule has 2 heterocycles. The first-order valence-electron chi connectivity index (χ1n) is 6.86. The van der Waals surface area contributed by atoms with Crippen LogP contribution in [0.15, 0.2) is 33.9 Å². The van der Waals surface area contributed by atoms with Crippen LogP contribution in [0.2, 0.25) is 5.28 Å². The maximum Gasteiger partial charge on any atom is 0.332 e. The maximum atomic E-state index is 12.4. The minimum absolute atomic E-state index is 0. The zero-order chi connectivity index (χ0) is 17.6. The van der Waals surface area contributed by atoms with E-state index in [2.05, 4.69) is 4.98 Å². The molecule has 125 valence electrons. The van der Waals surface area contributed by atoms with Gasteiger partial charge in [0.25, 0.3) is 11.2 Å². The van der Waals surface area contributed by atoms with E-state index in [0.29, 0.717) is 5.56 Å². The van der Waals surface area contributed by atoms with E-state index >= 15 is 0 Å². The summed E-state index contributed by atoms with van der Waals surface area (Å²) in [5.41, 5.74) is 0.0629. The van der Waals surface area contributed by atoms with Crippen molar-refractivity contribution in [2.75, 3.05) is 0 Å². The van der Waals surface area contributed by atoms with Crippen LogP contribution in [-0.4, -0.2) is 75.0 Å². The van der Waals surface area contributed by atoms with Gasteiger partial charge in [0.05, 0.1) is 11.5 Å². The number of nitro benzene ring substituents is 1. The number of hydrogen-bond acceptors (Lipinski definition) is 5. The van der Waals surface area contributed by atoms with Crippen molar-refractivity contribution in [1.29, 1.82) is 0 Å². The summed E-state index contributed by atoms with van der Waals surface area (Å²) < 4.78 is 3.70. The van der Waals surface area contributed by atoms with Crippen LogP contribution in [0.25, 0.3) is 11.2 Å². The first-order valence-corrected chi connectivity index (χ1v) is 7.24. The Hall–Kier alpha value is -1.30. The van der Waals surface area contributed by atoms with Gasteiger partial charge in [0, 0.05) is 77.6 Å². The van der Waals surface area contributed by atoms with E-state index in [-0.39, 0.29) is 80.1 Å². The monoisotopic (exact) mass is 388 g/mol. The van der Waals surface area contributed by atoms with E-state index < -0.39 is 16.2 Å². The summed E-state index contributed by atoms with van der Waals surface area (Å²) in [4.78, 5) is 38.7. The Bertz CT molecular complexity index is 1080. The number of benzene rings is 1. The molecule has 0 saturated heterocycles. The summed E-state index contributed by atoms with van der Waals surface area (Å²) in [6.45, 7) is 0.195. The molecule has 0 aliphatic carbocycles. The van der Waals surface area contributed by atoms with Crippen LogP contribution < -0.4 is 11.2 Å². The quantitative estimate of drug-likeness (QED) is 0.284. The number of nitrogens with zero attached hydrogens (tertiary/aromatic N) is 5. The molecule has 0 amide bonds. The Morgan fingerprint density at radius 1 is 1.16 bits per heavy atom. The SMILES string of the molecule is Cn1c(=O)c2c(nc(Cl)n2Cc2ccc([N+](=O)[O-])cc2)n(C)c1=O.[K]. The van der Waals surface area contributed by atoms with E-state index in [0.717, 1.165) is 4.57 Å². The first-order chi connectivity index (χ1) is 11.3. The first kappa shape index (κ1) is 20.0. The molecule has 0 saturated carbocycles. The van der Waals surface area contributed by atoms with Gasteiger partial charge in [0.2, 0.25) is 5.28 Å². The topological polar surface area (TPSA) is 105 Å². The van der Waals surface area contributed by atoms with Crippen molar-refractivity contribution in [3.05, 3.63) is 66.1 Å². The second kappa shape index (κ2) is 7.52. The second-order valence-corrected chi connectivity index (χ2v) is 5.61. The normalized spacial score (nSPS) is 10.7. The van der Waals surface area contributed by atoms with Crippen LogP contribution in [0.3, 0.4) is 0 Å².